The fourth-order valence-corrected chi connectivity index (χ4v) is 4.61. The van der Waals surface area contributed by atoms with Gasteiger partial charge in [-0.05, 0) is 55.7 Å². The summed E-state index contributed by atoms with van der Waals surface area (Å²) in [6, 6.07) is 0.360. The standard InChI is InChI=1S/C28H32N6O/c1-20(9-10-23-22(3)25(11-12-28(23,4)5)33-14-13-29-18-33)7-6-8-21(2)15-26(35)34-19-32-24-16-30-17-31-27(24)34/h6-10,13-19,25H,11-12H2,1-5H3. The average Bonchev–Trinajstić information content (AvgIpc) is 3.49. The van der Waals surface area contributed by atoms with E-state index >= 15 is 0 Å². The first kappa shape index (κ1) is 24.3. The van der Waals surface area contributed by atoms with Crippen LogP contribution in [-0.2, 0) is 0 Å². The van der Waals surface area contributed by atoms with Crippen LogP contribution in [0.4, 0.5) is 0 Å². The monoisotopic (exact) mass is 468 g/mol. The van der Waals surface area contributed by atoms with Crippen molar-refractivity contribution < 1.29 is 4.79 Å². The predicted octanol–water partition coefficient (Wildman–Crippen LogP) is 6.05. The molecule has 0 N–H and O–H groups in total. The molecule has 0 amide bonds. The quantitative estimate of drug-likeness (QED) is 0.325. The van der Waals surface area contributed by atoms with Crippen molar-refractivity contribution in [3.63, 3.8) is 0 Å². The number of hydrogen-bond donors (Lipinski definition) is 0. The first-order chi connectivity index (χ1) is 16.8. The third-order valence-electron chi connectivity index (χ3n) is 6.61. The smallest absolute Gasteiger partial charge is 0.257 e. The summed E-state index contributed by atoms with van der Waals surface area (Å²) in [5, 5.41) is 0. The third kappa shape index (κ3) is 5.45. The number of nitrogens with zero attached hydrogens (tertiary/aromatic N) is 6. The van der Waals surface area contributed by atoms with E-state index in [1.54, 1.807) is 12.3 Å². The van der Waals surface area contributed by atoms with Gasteiger partial charge in [0.2, 0.25) is 0 Å². The molecule has 7 nitrogen and oxygen atoms in total. The second kappa shape index (κ2) is 10.2. The summed E-state index contributed by atoms with van der Waals surface area (Å²) in [5.74, 6) is -0.191. The molecule has 7 heteroatoms. The summed E-state index contributed by atoms with van der Waals surface area (Å²) < 4.78 is 3.64. The largest absolute Gasteiger partial charge is 0.330 e. The van der Waals surface area contributed by atoms with Crippen LogP contribution in [0.3, 0.4) is 0 Å². The van der Waals surface area contributed by atoms with Crippen LogP contribution in [0.1, 0.15) is 58.3 Å². The zero-order valence-electron chi connectivity index (χ0n) is 21.0. The summed E-state index contributed by atoms with van der Waals surface area (Å²) in [5.41, 5.74) is 5.99. The Hall–Kier alpha value is -3.87. The Balaban J connectivity index is 1.46. The molecule has 35 heavy (non-hydrogen) atoms. The molecule has 1 unspecified atom stereocenters. The fourth-order valence-electron chi connectivity index (χ4n) is 4.61. The summed E-state index contributed by atoms with van der Waals surface area (Å²) in [4.78, 5) is 29.1. The van der Waals surface area contributed by atoms with Gasteiger partial charge in [0.1, 0.15) is 18.2 Å². The molecule has 0 fully saturated rings. The number of fused-ring (bicyclic) bond motifs is 1. The molecule has 0 bridgehead atoms. The van der Waals surface area contributed by atoms with E-state index in [4.69, 9.17) is 0 Å². The number of carbonyl (C=O) groups excluding carboxylic acids is 1. The molecule has 4 rings (SSSR count). The molecule has 0 saturated heterocycles. The Morgan fingerprint density at radius 1 is 1.11 bits per heavy atom. The van der Waals surface area contributed by atoms with Crippen LogP contribution in [0.2, 0.25) is 0 Å². The Morgan fingerprint density at radius 2 is 1.94 bits per heavy atom. The highest BCUT2D eigenvalue weighted by molar-refractivity contribution is 5.96. The molecule has 0 aliphatic heterocycles. The number of carbonyl (C=O) groups is 1. The SMILES string of the molecule is CC(C=CC1=C(C)C(n2ccnc2)CCC1(C)C)=CC=CC(C)=CC(=O)n1cnc2cncnc21. The molecule has 3 aromatic heterocycles. The van der Waals surface area contributed by atoms with Crippen LogP contribution >= 0.6 is 0 Å². The van der Waals surface area contributed by atoms with Crippen molar-refractivity contribution in [2.75, 3.05) is 0 Å². The lowest BCUT2D eigenvalue weighted by Gasteiger charge is -2.37. The molecule has 1 atom stereocenters. The van der Waals surface area contributed by atoms with Gasteiger partial charge in [0.25, 0.3) is 5.91 Å². The Morgan fingerprint density at radius 3 is 2.71 bits per heavy atom. The summed E-state index contributed by atoms with van der Waals surface area (Å²) in [7, 11) is 0. The van der Waals surface area contributed by atoms with Gasteiger partial charge in [-0.1, -0.05) is 49.8 Å². The Kier molecular flexibility index (Phi) is 7.05. The van der Waals surface area contributed by atoms with Gasteiger partial charge in [-0.25, -0.2) is 24.5 Å². The predicted molar refractivity (Wildman–Crippen MR) is 139 cm³/mol. The minimum absolute atomic E-state index is 0.135. The molecular weight excluding hydrogens is 436 g/mol. The number of aromatic nitrogens is 6. The molecule has 180 valence electrons. The second-order valence-electron chi connectivity index (χ2n) is 9.72. The van der Waals surface area contributed by atoms with Crippen molar-refractivity contribution in [3.05, 3.63) is 96.3 Å². The van der Waals surface area contributed by atoms with Gasteiger partial charge in [0.05, 0.1) is 18.6 Å². The molecule has 0 aromatic carbocycles. The van der Waals surface area contributed by atoms with E-state index < -0.39 is 0 Å². The van der Waals surface area contributed by atoms with Crippen LogP contribution in [0.25, 0.3) is 11.2 Å². The molecule has 3 aromatic rings. The van der Waals surface area contributed by atoms with Crippen molar-refractivity contribution in [2.45, 2.75) is 53.5 Å². The first-order valence-electron chi connectivity index (χ1n) is 11.8. The molecule has 0 radical (unpaired) electrons. The van der Waals surface area contributed by atoms with Crippen LogP contribution in [0, 0.1) is 5.41 Å². The minimum Gasteiger partial charge on any atom is -0.330 e. The molecule has 1 aliphatic rings. The first-order valence-corrected chi connectivity index (χ1v) is 11.8. The minimum atomic E-state index is -0.191. The van der Waals surface area contributed by atoms with Crippen LogP contribution in [-0.4, -0.2) is 35.0 Å². The Labute approximate surface area is 206 Å². The van der Waals surface area contributed by atoms with E-state index in [2.05, 4.69) is 70.4 Å². The van der Waals surface area contributed by atoms with Crippen LogP contribution < -0.4 is 0 Å². The van der Waals surface area contributed by atoms with Gasteiger partial charge < -0.3 is 4.57 Å². The number of hydrogen-bond acceptors (Lipinski definition) is 5. The van der Waals surface area contributed by atoms with Crippen molar-refractivity contribution in [1.82, 2.24) is 29.1 Å². The third-order valence-corrected chi connectivity index (χ3v) is 6.61. The normalized spacial score (nSPS) is 19.4. The van der Waals surface area contributed by atoms with E-state index in [-0.39, 0.29) is 11.3 Å². The zero-order valence-corrected chi connectivity index (χ0v) is 21.0. The number of rotatable bonds is 6. The van der Waals surface area contributed by atoms with E-state index in [0.717, 1.165) is 24.0 Å². The van der Waals surface area contributed by atoms with E-state index in [1.165, 1.54) is 28.4 Å². The lowest BCUT2D eigenvalue weighted by molar-refractivity contribution is 0.0972. The maximum absolute atomic E-state index is 12.6. The molecular formula is C28H32N6O. The van der Waals surface area contributed by atoms with Crippen LogP contribution in [0.5, 0.6) is 0 Å². The maximum atomic E-state index is 12.6. The fraction of sp³-hybridized carbons (Fsp3) is 0.321. The van der Waals surface area contributed by atoms with Gasteiger partial charge in [0.15, 0.2) is 5.65 Å². The zero-order chi connectivity index (χ0) is 25.0. The van der Waals surface area contributed by atoms with Crippen molar-refractivity contribution >= 4 is 17.1 Å². The second-order valence-corrected chi connectivity index (χ2v) is 9.72. The topological polar surface area (TPSA) is 78.5 Å². The Bertz CT molecular complexity index is 1370. The van der Waals surface area contributed by atoms with E-state index in [0.29, 0.717) is 17.2 Å². The lowest BCUT2D eigenvalue weighted by atomic mass is 9.71. The highest BCUT2D eigenvalue weighted by atomic mass is 16.2. The van der Waals surface area contributed by atoms with Crippen molar-refractivity contribution in [1.29, 1.82) is 0 Å². The van der Waals surface area contributed by atoms with Gasteiger partial charge in [-0.3, -0.25) is 4.79 Å². The number of imidazole rings is 2. The maximum Gasteiger partial charge on any atom is 0.257 e. The highest BCUT2D eigenvalue weighted by Gasteiger charge is 2.32. The average molecular weight is 469 g/mol. The summed E-state index contributed by atoms with van der Waals surface area (Å²) in [6.07, 6.45) is 24.5. The van der Waals surface area contributed by atoms with E-state index in [1.807, 2.05) is 37.8 Å². The summed E-state index contributed by atoms with van der Waals surface area (Å²) >= 11 is 0. The molecule has 0 saturated carbocycles. The van der Waals surface area contributed by atoms with Gasteiger partial charge in [0, 0.05) is 18.5 Å². The molecule has 0 spiro atoms. The van der Waals surface area contributed by atoms with Gasteiger partial charge in [-0.15, -0.1) is 0 Å². The number of allylic oxidation sites excluding steroid dienone is 10. The van der Waals surface area contributed by atoms with Crippen molar-refractivity contribution in [3.8, 4) is 0 Å². The lowest BCUT2D eigenvalue weighted by Crippen LogP contribution is -2.25. The van der Waals surface area contributed by atoms with Gasteiger partial charge in [-0.2, -0.15) is 0 Å². The van der Waals surface area contributed by atoms with Crippen LogP contribution in [0.15, 0.2) is 96.3 Å². The van der Waals surface area contributed by atoms with E-state index in [9.17, 15) is 4.79 Å². The summed E-state index contributed by atoms with van der Waals surface area (Å²) in [6.45, 7) is 10.9. The molecule has 3 heterocycles. The molecule has 1 aliphatic carbocycles. The van der Waals surface area contributed by atoms with Gasteiger partial charge >= 0.3 is 0 Å². The van der Waals surface area contributed by atoms with Crippen molar-refractivity contribution in [2.24, 2.45) is 5.41 Å². The highest BCUT2D eigenvalue weighted by Crippen LogP contribution is 2.45.